The number of carbonyl (C=O) groups is 1. The Balaban J connectivity index is 0.00000256. The standard InChI is InChI=1S/C22H24FN3O3.ClH/c1-4-28-18-12-22(24,21(18,2)3)20(27)25-15-9-10-16-17(11-15)29-19(26-16)13-5-7-14(23)8-6-13;/h5-11,18H,4,12,24H2,1-3H3,(H,25,27);1H. The average Bonchev–Trinajstić information content (AvgIpc) is 3.11. The first-order valence-electron chi connectivity index (χ1n) is 9.63. The van der Waals surface area contributed by atoms with Crippen molar-refractivity contribution in [3.8, 4) is 11.5 Å². The number of anilines is 1. The molecule has 2 unspecified atom stereocenters. The molecule has 1 aliphatic carbocycles. The van der Waals surface area contributed by atoms with Crippen molar-refractivity contribution < 1.29 is 18.3 Å². The van der Waals surface area contributed by atoms with E-state index in [1.807, 2.05) is 20.8 Å². The maximum Gasteiger partial charge on any atom is 0.245 e. The van der Waals surface area contributed by atoms with Crippen LogP contribution in [0.4, 0.5) is 10.1 Å². The second kappa shape index (κ2) is 7.98. The highest BCUT2D eigenvalue weighted by atomic mass is 35.5. The van der Waals surface area contributed by atoms with Gasteiger partial charge in [-0.15, -0.1) is 12.4 Å². The number of benzene rings is 2. The summed E-state index contributed by atoms with van der Waals surface area (Å²) in [6, 6.07) is 11.1. The van der Waals surface area contributed by atoms with Crippen molar-refractivity contribution in [2.24, 2.45) is 11.1 Å². The zero-order valence-electron chi connectivity index (χ0n) is 17.1. The molecule has 1 amide bonds. The van der Waals surface area contributed by atoms with Gasteiger partial charge < -0.3 is 20.2 Å². The van der Waals surface area contributed by atoms with E-state index in [4.69, 9.17) is 14.9 Å². The van der Waals surface area contributed by atoms with Crippen molar-refractivity contribution in [1.29, 1.82) is 0 Å². The molecule has 160 valence electrons. The number of nitrogens with zero attached hydrogens (tertiary/aromatic N) is 1. The van der Waals surface area contributed by atoms with Crippen LogP contribution >= 0.6 is 12.4 Å². The van der Waals surface area contributed by atoms with Crippen LogP contribution in [0, 0.1) is 11.2 Å². The zero-order chi connectivity index (χ0) is 20.8. The van der Waals surface area contributed by atoms with Gasteiger partial charge in [-0.05, 0) is 43.3 Å². The largest absolute Gasteiger partial charge is 0.436 e. The predicted octanol–water partition coefficient (Wildman–Crippen LogP) is 4.53. The van der Waals surface area contributed by atoms with Crippen molar-refractivity contribution in [3.63, 3.8) is 0 Å². The highest BCUT2D eigenvalue weighted by Gasteiger charge is 2.62. The summed E-state index contributed by atoms with van der Waals surface area (Å²) in [4.78, 5) is 17.3. The third-order valence-electron chi connectivity index (χ3n) is 5.97. The van der Waals surface area contributed by atoms with Crippen LogP contribution in [0.5, 0.6) is 0 Å². The second-order valence-corrected chi connectivity index (χ2v) is 8.00. The highest BCUT2D eigenvalue weighted by Crippen LogP contribution is 2.50. The molecule has 4 rings (SSSR count). The molecule has 3 aromatic rings. The van der Waals surface area contributed by atoms with Gasteiger partial charge in [0.15, 0.2) is 5.58 Å². The van der Waals surface area contributed by atoms with E-state index in [9.17, 15) is 9.18 Å². The normalized spacial score (nSPS) is 22.2. The predicted molar refractivity (Wildman–Crippen MR) is 116 cm³/mol. The minimum Gasteiger partial charge on any atom is -0.436 e. The Morgan fingerprint density at radius 2 is 2.00 bits per heavy atom. The fourth-order valence-electron chi connectivity index (χ4n) is 3.78. The van der Waals surface area contributed by atoms with Gasteiger partial charge in [0.25, 0.3) is 0 Å². The number of oxazole rings is 1. The SMILES string of the molecule is CCOC1CC(N)(C(=O)Nc2ccc3nc(-c4ccc(F)cc4)oc3c2)C1(C)C.Cl. The number of nitrogens with one attached hydrogen (secondary N) is 1. The monoisotopic (exact) mass is 433 g/mol. The van der Waals surface area contributed by atoms with Crippen LogP contribution in [0.25, 0.3) is 22.6 Å². The van der Waals surface area contributed by atoms with Crippen LogP contribution in [0.3, 0.4) is 0 Å². The van der Waals surface area contributed by atoms with Gasteiger partial charge >= 0.3 is 0 Å². The van der Waals surface area contributed by atoms with Crippen molar-refractivity contribution in [3.05, 3.63) is 48.3 Å². The Labute approximate surface area is 180 Å². The second-order valence-electron chi connectivity index (χ2n) is 8.00. The minimum absolute atomic E-state index is 0. The number of nitrogens with two attached hydrogens (primary N) is 1. The van der Waals surface area contributed by atoms with Gasteiger partial charge in [-0.1, -0.05) is 13.8 Å². The molecule has 1 aliphatic rings. The van der Waals surface area contributed by atoms with Crippen molar-refractivity contribution >= 4 is 35.1 Å². The smallest absolute Gasteiger partial charge is 0.245 e. The van der Waals surface area contributed by atoms with Gasteiger partial charge in [0.05, 0.1) is 6.10 Å². The lowest BCUT2D eigenvalue weighted by Crippen LogP contribution is -2.74. The maximum atomic E-state index is 13.1. The van der Waals surface area contributed by atoms with Crippen LogP contribution in [-0.4, -0.2) is 29.1 Å². The van der Waals surface area contributed by atoms with Gasteiger partial charge in [-0.3, -0.25) is 4.79 Å². The van der Waals surface area contributed by atoms with E-state index in [0.717, 1.165) is 0 Å². The topological polar surface area (TPSA) is 90.4 Å². The average molecular weight is 434 g/mol. The molecule has 8 heteroatoms. The lowest BCUT2D eigenvalue weighted by Gasteiger charge is -2.57. The van der Waals surface area contributed by atoms with E-state index >= 15 is 0 Å². The van der Waals surface area contributed by atoms with E-state index in [1.165, 1.54) is 12.1 Å². The minimum atomic E-state index is -1.01. The van der Waals surface area contributed by atoms with E-state index < -0.39 is 11.0 Å². The Morgan fingerprint density at radius 3 is 2.63 bits per heavy atom. The van der Waals surface area contributed by atoms with Gasteiger partial charge in [-0.2, -0.15) is 0 Å². The fourth-order valence-corrected chi connectivity index (χ4v) is 3.78. The summed E-state index contributed by atoms with van der Waals surface area (Å²) in [6.07, 6.45) is 0.428. The van der Waals surface area contributed by atoms with Crippen LogP contribution in [-0.2, 0) is 9.53 Å². The molecule has 1 heterocycles. The molecule has 30 heavy (non-hydrogen) atoms. The van der Waals surface area contributed by atoms with Gasteiger partial charge in [0, 0.05) is 35.8 Å². The molecular weight excluding hydrogens is 409 g/mol. The van der Waals surface area contributed by atoms with E-state index in [2.05, 4.69) is 10.3 Å². The summed E-state index contributed by atoms with van der Waals surface area (Å²) >= 11 is 0. The molecular formula is C22H25ClFN3O3. The first-order chi connectivity index (χ1) is 13.7. The van der Waals surface area contributed by atoms with Crippen molar-refractivity contribution in [2.75, 3.05) is 11.9 Å². The Hall–Kier alpha value is -2.48. The van der Waals surface area contributed by atoms with E-state index in [-0.39, 0.29) is 30.2 Å². The molecule has 2 aromatic carbocycles. The highest BCUT2D eigenvalue weighted by molar-refractivity contribution is 6.00. The first-order valence-corrected chi connectivity index (χ1v) is 9.63. The lowest BCUT2D eigenvalue weighted by atomic mass is 9.54. The summed E-state index contributed by atoms with van der Waals surface area (Å²) in [5.74, 6) is -0.189. The van der Waals surface area contributed by atoms with Crippen molar-refractivity contribution in [1.82, 2.24) is 4.98 Å². The van der Waals surface area contributed by atoms with Crippen LogP contribution in [0.15, 0.2) is 46.9 Å². The number of aromatic nitrogens is 1. The van der Waals surface area contributed by atoms with Crippen LogP contribution in [0.2, 0.25) is 0 Å². The Kier molecular flexibility index (Phi) is 5.91. The molecule has 1 fully saturated rings. The number of hydrogen-bond acceptors (Lipinski definition) is 5. The van der Waals surface area contributed by atoms with Gasteiger partial charge in [0.2, 0.25) is 11.8 Å². The number of hydrogen-bond donors (Lipinski definition) is 2. The van der Waals surface area contributed by atoms with Crippen LogP contribution < -0.4 is 11.1 Å². The third kappa shape index (κ3) is 3.57. The van der Waals surface area contributed by atoms with Gasteiger partial charge in [-0.25, -0.2) is 9.37 Å². The molecule has 0 aliphatic heterocycles. The molecule has 2 atom stereocenters. The Bertz CT molecular complexity index is 1070. The molecule has 0 bridgehead atoms. The molecule has 0 radical (unpaired) electrons. The molecule has 1 aromatic heterocycles. The number of carbonyl (C=O) groups excluding carboxylic acids is 1. The molecule has 0 saturated heterocycles. The number of ether oxygens (including phenoxy) is 1. The molecule has 1 saturated carbocycles. The lowest BCUT2D eigenvalue weighted by molar-refractivity contribution is -0.166. The number of halogens is 2. The summed E-state index contributed by atoms with van der Waals surface area (Å²) in [7, 11) is 0. The zero-order valence-corrected chi connectivity index (χ0v) is 17.9. The van der Waals surface area contributed by atoms with E-state index in [0.29, 0.717) is 41.3 Å². The summed E-state index contributed by atoms with van der Waals surface area (Å²) in [5.41, 5.74) is 7.37. The molecule has 0 spiro atoms. The summed E-state index contributed by atoms with van der Waals surface area (Å²) < 4.78 is 24.6. The van der Waals surface area contributed by atoms with Gasteiger partial charge in [0.1, 0.15) is 16.9 Å². The number of rotatable bonds is 5. The first kappa shape index (κ1) is 22.2. The summed E-state index contributed by atoms with van der Waals surface area (Å²) in [6.45, 7) is 6.42. The van der Waals surface area contributed by atoms with Crippen molar-refractivity contribution in [2.45, 2.75) is 38.8 Å². The third-order valence-corrected chi connectivity index (χ3v) is 5.97. The Morgan fingerprint density at radius 1 is 1.30 bits per heavy atom. The van der Waals surface area contributed by atoms with Crippen LogP contribution in [0.1, 0.15) is 27.2 Å². The fraction of sp³-hybridized carbons (Fsp3) is 0.364. The summed E-state index contributed by atoms with van der Waals surface area (Å²) in [5, 5.41) is 2.89. The maximum absolute atomic E-state index is 13.1. The number of amides is 1. The molecule has 6 nitrogen and oxygen atoms in total. The quantitative estimate of drug-likeness (QED) is 0.617. The van der Waals surface area contributed by atoms with E-state index in [1.54, 1.807) is 30.3 Å². The number of fused-ring (bicyclic) bond motifs is 1. The molecule has 3 N–H and O–H groups in total.